The number of imide groups is 1. The number of fused-ring (bicyclic) bond motifs is 1. The van der Waals surface area contributed by atoms with Gasteiger partial charge >= 0.3 is 5.69 Å². The van der Waals surface area contributed by atoms with Crippen molar-refractivity contribution in [1.82, 2.24) is 24.3 Å². The van der Waals surface area contributed by atoms with E-state index in [0.29, 0.717) is 19.0 Å². The number of unbranched alkanes of at least 4 members (excludes halogenated alkanes) is 2. The number of rotatable bonds is 8. The van der Waals surface area contributed by atoms with Crippen LogP contribution in [0.2, 0.25) is 0 Å². The maximum atomic E-state index is 12.9. The number of carbonyl (C=O) groups excluding carboxylic acids is 3. The number of amides is 3. The van der Waals surface area contributed by atoms with Gasteiger partial charge in [-0.15, -0.1) is 0 Å². The summed E-state index contributed by atoms with van der Waals surface area (Å²) in [4.78, 5) is 54.0. The zero-order valence-electron chi connectivity index (χ0n) is 21.9. The normalized spacial score (nSPS) is 22.1. The lowest BCUT2D eigenvalue weighted by Crippen LogP contribution is -2.54. The summed E-state index contributed by atoms with van der Waals surface area (Å²) >= 11 is 0. The molecule has 3 amide bonds. The smallest absolute Gasteiger partial charge is 0.329 e. The molecule has 1 aromatic carbocycles. The second-order valence-corrected chi connectivity index (χ2v) is 11.0. The van der Waals surface area contributed by atoms with E-state index in [1.54, 1.807) is 11.6 Å². The van der Waals surface area contributed by atoms with Crippen LogP contribution < -0.4 is 11.0 Å². The van der Waals surface area contributed by atoms with Crippen LogP contribution in [0.3, 0.4) is 0 Å². The molecule has 1 aliphatic carbocycles. The van der Waals surface area contributed by atoms with Crippen molar-refractivity contribution in [2.45, 2.75) is 82.7 Å². The van der Waals surface area contributed by atoms with Crippen molar-refractivity contribution >= 4 is 28.8 Å². The molecule has 1 aromatic heterocycles. The fourth-order valence-electron chi connectivity index (χ4n) is 6.32. The number of aryl methyl sites for hydroxylation is 2. The number of hydrogen-bond donors (Lipinski definition) is 1. The van der Waals surface area contributed by atoms with E-state index in [4.69, 9.17) is 0 Å². The van der Waals surface area contributed by atoms with Crippen LogP contribution in [0.4, 0.5) is 0 Å². The Balaban J connectivity index is 1.11. The average molecular weight is 510 g/mol. The predicted octanol–water partition coefficient (Wildman–Crippen LogP) is 2.51. The van der Waals surface area contributed by atoms with Gasteiger partial charge in [-0.2, -0.15) is 0 Å². The summed E-state index contributed by atoms with van der Waals surface area (Å²) in [5, 5.41) is 2.35. The quantitative estimate of drug-likeness (QED) is 0.436. The molecule has 3 heterocycles. The van der Waals surface area contributed by atoms with Gasteiger partial charge in [-0.1, -0.05) is 31.7 Å². The van der Waals surface area contributed by atoms with Crippen LogP contribution >= 0.6 is 0 Å². The number of piperazine rings is 1. The molecule has 3 aliphatic rings. The molecule has 5 rings (SSSR count). The zero-order valence-corrected chi connectivity index (χ0v) is 21.9. The van der Waals surface area contributed by atoms with Gasteiger partial charge in [0, 0.05) is 39.1 Å². The van der Waals surface area contributed by atoms with Crippen LogP contribution in [0.25, 0.3) is 11.0 Å². The molecule has 200 valence electrons. The number of benzene rings is 1. The maximum absolute atomic E-state index is 12.9. The highest BCUT2D eigenvalue weighted by atomic mass is 16.2. The van der Waals surface area contributed by atoms with Crippen LogP contribution in [0, 0.1) is 0 Å². The lowest BCUT2D eigenvalue weighted by Gasteiger charge is -2.40. The van der Waals surface area contributed by atoms with Gasteiger partial charge in [0.25, 0.3) is 0 Å². The van der Waals surface area contributed by atoms with Crippen LogP contribution in [0.5, 0.6) is 0 Å². The summed E-state index contributed by atoms with van der Waals surface area (Å²) in [5.74, 6) is -0.421. The molecule has 1 atom stereocenters. The Morgan fingerprint density at radius 2 is 1.73 bits per heavy atom. The number of nitrogens with one attached hydrogen (secondary N) is 1. The Morgan fingerprint density at radius 1 is 0.919 bits per heavy atom. The fraction of sp³-hybridized carbons (Fsp3) is 0.643. The molecule has 0 bridgehead atoms. The van der Waals surface area contributed by atoms with Crippen molar-refractivity contribution in [3.05, 3.63) is 34.2 Å². The van der Waals surface area contributed by atoms with E-state index < -0.39 is 11.9 Å². The molecule has 37 heavy (non-hydrogen) atoms. The monoisotopic (exact) mass is 509 g/mol. The molecule has 1 N–H and O–H groups in total. The van der Waals surface area contributed by atoms with E-state index in [0.717, 1.165) is 61.9 Å². The van der Waals surface area contributed by atoms with Crippen LogP contribution in [-0.4, -0.2) is 68.9 Å². The Bertz CT molecular complexity index is 1230. The molecule has 9 heteroatoms. The van der Waals surface area contributed by atoms with Gasteiger partial charge in [0.05, 0.1) is 17.6 Å². The van der Waals surface area contributed by atoms with Crippen molar-refractivity contribution < 1.29 is 14.4 Å². The summed E-state index contributed by atoms with van der Waals surface area (Å²) in [5.41, 5.74) is 2.43. The third-order valence-corrected chi connectivity index (χ3v) is 8.51. The van der Waals surface area contributed by atoms with Crippen LogP contribution in [-0.2, 0) is 27.9 Å². The lowest BCUT2D eigenvalue weighted by molar-refractivity contribution is -0.138. The third-order valence-electron chi connectivity index (χ3n) is 8.51. The average Bonchev–Trinajstić information content (AvgIpc) is 3.14. The molecule has 3 fully saturated rings. The third kappa shape index (κ3) is 5.51. The van der Waals surface area contributed by atoms with Gasteiger partial charge in [0.2, 0.25) is 17.7 Å². The number of imidazole rings is 1. The van der Waals surface area contributed by atoms with E-state index >= 15 is 0 Å². The number of nitrogens with zero attached hydrogens (tertiary/aromatic N) is 4. The molecule has 0 spiro atoms. The Hall–Kier alpha value is -2.94. The van der Waals surface area contributed by atoms with Crippen LogP contribution in [0.15, 0.2) is 23.0 Å². The Morgan fingerprint density at radius 3 is 2.49 bits per heavy atom. The van der Waals surface area contributed by atoms with Crippen LogP contribution in [0.1, 0.15) is 75.8 Å². The first-order valence-electron chi connectivity index (χ1n) is 14.0. The number of piperidine rings is 1. The summed E-state index contributed by atoms with van der Waals surface area (Å²) in [6.07, 6.45) is 11.0. The zero-order chi connectivity index (χ0) is 25.9. The first-order chi connectivity index (χ1) is 17.9. The predicted molar refractivity (Wildman–Crippen MR) is 141 cm³/mol. The summed E-state index contributed by atoms with van der Waals surface area (Å²) in [6.45, 7) is 3.28. The molecule has 1 saturated carbocycles. The first kappa shape index (κ1) is 25.7. The lowest BCUT2D eigenvalue weighted by atomic mass is 9.94. The van der Waals surface area contributed by atoms with Crippen molar-refractivity contribution in [3.63, 3.8) is 0 Å². The van der Waals surface area contributed by atoms with Crippen molar-refractivity contribution in [2.75, 3.05) is 26.2 Å². The van der Waals surface area contributed by atoms with Crippen molar-refractivity contribution in [1.29, 1.82) is 0 Å². The van der Waals surface area contributed by atoms with E-state index in [1.165, 1.54) is 36.7 Å². The topological polar surface area (TPSA) is 96.6 Å². The molecular weight excluding hydrogens is 470 g/mol. The van der Waals surface area contributed by atoms with E-state index in [1.807, 2.05) is 23.1 Å². The van der Waals surface area contributed by atoms with E-state index in [-0.39, 0.29) is 23.9 Å². The fourth-order valence-corrected chi connectivity index (χ4v) is 6.32. The van der Waals surface area contributed by atoms with Crippen molar-refractivity contribution in [2.24, 2.45) is 7.05 Å². The van der Waals surface area contributed by atoms with Gasteiger partial charge in [0.1, 0.15) is 6.04 Å². The highest BCUT2D eigenvalue weighted by Crippen LogP contribution is 2.25. The molecule has 1 unspecified atom stereocenters. The maximum Gasteiger partial charge on any atom is 0.329 e. The summed E-state index contributed by atoms with van der Waals surface area (Å²) in [6, 6.07) is 5.93. The Labute approximate surface area is 217 Å². The van der Waals surface area contributed by atoms with Gasteiger partial charge in [-0.3, -0.25) is 33.7 Å². The minimum Gasteiger partial charge on any atom is -0.340 e. The molecule has 9 nitrogen and oxygen atoms in total. The molecule has 2 aliphatic heterocycles. The van der Waals surface area contributed by atoms with E-state index in [2.05, 4.69) is 10.2 Å². The highest BCUT2D eigenvalue weighted by Gasteiger charge is 2.31. The minimum absolute atomic E-state index is 0.235. The number of aromatic nitrogens is 2. The van der Waals surface area contributed by atoms with Crippen molar-refractivity contribution in [3.8, 4) is 0 Å². The van der Waals surface area contributed by atoms with Gasteiger partial charge in [-0.25, -0.2) is 4.79 Å². The first-order valence-corrected chi connectivity index (χ1v) is 14.0. The minimum atomic E-state index is -0.660. The summed E-state index contributed by atoms with van der Waals surface area (Å²) in [7, 11) is 1.72. The molecular formula is C28H39N5O4. The number of carbonyl (C=O) groups is 3. The molecule has 2 saturated heterocycles. The Kier molecular flexibility index (Phi) is 7.79. The van der Waals surface area contributed by atoms with Gasteiger partial charge < -0.3 is 4.90 Å². The van der Waals surface area contributed by atoms with Gasteiger partial charge in [-0.05, 0) is 56.2 Å². The number of hydrogen-bond acceptors (Lipinski definition) is 5. The standard InChI is InChI=1S/C28H39N5O4/c1-30-24-18-20(11-12-22(24)33(28(30)37)23-13-14-25(34)29-27(23)36)8-4-3-7-15-31-16-17-32(19-26(31)35)21-9-5-2-6-10-21/h11-12,18,21,23H,2-10,13-17,19H2,1H3,(H,29,34,36). The summed E-state index contributed by atoms with van der Waals surface area (Å²) < 4.78 is 3.10. The molecule has 2 aromatic rings. The van der Waals surface area contributed by atoms with E-state index in [9.17, 15) is 19.2 Å². The van der Waals surface area contributed by atoms with Gasteiger partial charge in [0.15, 0.2) is 0 Å². The molecule has 0 radical (unpaired) electrons. The largest absolute Gasteiger partial charge is 0.340 e. The SMILES string of the molecule is Cn1c(=O)n(C2CCC(=O)NC2=O)c2ccc(CCCCCN3CCN(C4CCCCC4)CC3=O)cc21. The highest BCUT2D eigenvalue weighted by molar-refractivity contribution is 6.00. The second-order valence-electron chi connectivity index (χ2n) is 11.0. The second kappa shape index (κ2) is 11.2.